The molecule has 1 aromatic carbocycles. The van der Waals surface area contributed by atoms with Gasteiger partial charge < -0.3 is 10.2 Å². The summed E-state index contributed by atoms with van der Waals surface area (Å²) in [5.74, 6) is 1.47. The van der Waals surface area contributed by atoms with Crippen molar-refractivity contribution in [3.8, 4) is 0 Å². The van der Waals surface area contributed by atoms with Gasteiger partial charge in [0.15, 0.2) is 0 Å². The molecule has 5 heteroatoms. The van der Waals surface area contributed by atoms with E-state index in [1.54, 1.807) is 0 Å². The molecular weight excluding hydrogens is 328 g/mol. The second-order valence-corrected chi connectivity index (χ2v) is 7.23. The second-order valence-electron chi connectivity index (χ2n) is 6.31. The summed E-state index contributed by atoms with van der Waals surface area (Å²) in [4.78, 5) is 2.50. The third-order valence-electron chi connectivity index (χ3n) is 4.72. The van der Waals surface area contributed by atoms with Crippen molar-refractivity contribution in [1.82, 2.24) is 16.2 Å². The van der Waals surface area contributed by atoms with Gasteiger partial charge in [-0.05, 0) is 50.1 Å². The van der Waals surface area contributed by atoms with Gasteiger partial charge in [-0.2, -0.15) is 0 Å². The Labute approximate surface area is 135 Å². The molecule has 3 rings (SSSR count). The van der Waals surface area contributed by atoms with Gasteiger partial charge in [0.05, 0.1) is 0 Å². The molecule has 21 heavy (non-hydrogen) atoms. The lowest BCUT2D eigenvalue weighted by molar-refractivity contribution is 0.427. The summed E-state index contributed by atoms with van der Waals surface area (Å²) in [6, 6.07) is 9.24. The normalized spacial score (nSPS) is 29.2. The van der Waals surface area contributed by atoms with Crippen molar-refractivity contribution >= 4 is 21.6 Å². The molecule has 4 nitrogen and oxygen atoms in total. The van der Waals surface area contributed by atoms with E-state index < -0.39 is 0 Å². The van der Waals surface area contributed by atoms with E-state index in [4.69, 9.17) is 0 Å². The number of nitrogens with zero attached hydrogens (tertiary/aromatic N) is 1. The monoisotopic (exact) mass is 352 g/mol. The standard InChI is InChI=1S/C16H25BrN4/c1-12-14(10-19-20-12)9-18-8-13-6-7-21(11-13)16-4-2-15(17)3-5-16/h2-5,12-14,18-20H,6-11H2,1H3. The minimum Gasteiger partial charge on any atom is -0.371 e. The first-order chi connectivity index (χ1) is 10.2. The zero-order valence-electron chi connectivity index (χ0n) is 12.6. The van der Waals surface area contributed by atoms with Gasteiger partial charge in [-0.3, -0.25) is 10.9 Å². The molecule has 3 atom stereocenters. The van der Waals surface area contributed by atoms with E-state index in [0.29, 0.717) is 12.0 Å². The first kappa shape index (κ1) is 15.3. The van der Waals surface area contributed by atoms with Gasteiger partial charge >= 0.3 is 0 Å². The van der Waals surface area contributed by atoms with E-state index in [0.717, 1.165) is 30.0 Å². The third-order valence-corrected chi connectivity index (χ3v) is 5.25. The van der Waals surface area contributed by atoms with Crippen LogP contribution in [0.25, 0.3) is 0 Å². The third kappa shape index (κ3) is 3.97. The van der Waals surface area contributed by atoms with Crippen LogP contribution in [0.2, 0.25) is 0 Å². The maximum atomic E-state index is 3.67. The highest BCUT2D eigenvalue weighted by atomic mass is 79.9. The molecule has 116 valence electrons. The molecule has 2 saturated heterocycles. The predicted octanol–water partition coefficient (Wildman–Crippen LogP) is 1.98. The number of hydrogen-bond donors (Lipinski definition) is 3. The molecule has 2 aliphatic heterocycles. The molecule has 0 aromatic heterocycles. The minimum atomic E-state index is 0.570. The number of nitrogens with one attached hydrogen (secondary N) is 3. The number of halogens is 1. The molecule has 0 amide bonds. The quantitative estimate of drug-likeness (QED) is 0.757. The van der Waals surface area contributed by atoms with Crippen LogP contribution < -0.4 is 21.1 Å². The van der Waals surface area contributed by atoms with Gasteiger partial charge in [-0.25, -0.2) is 0 Å². The fourth-order valence-corrected chi connectivity index (χ4v) is 3.52. The number of hydrazine groups is 1. The molecule has 0 bridgehead atoms. The number of benzene rings is 1. The maximum Gasteiger partial charge on any atom is 0.0367 e. The summed E-state index contributed by atoms with van der Waals surface area (Å²) in [7, 11) is 0. The Balaban J connectivity index is 1.41. The summed E-state index contributed by atoms with van der Waals surface area (Å²) < 4.78 is 1.15. The van der Waals surface area contributed by atoms with Crippen LogP contribution in [0.1, 0.15) is 13.3 Å². The van der Waals surface area contributed by atoms with Crippen molar-refractivity contribution in [2.45, 2.75) is 19.4 Å². The fraction of sp³-hybridized carbons (Fsp3) is 0.625. The average molecular weight is 353 g/mol. The van der Waals surface area contributed by atoms with Crippen molar-refractivity contribution in [1.29, 1.82) is 0 Å². The van der Waals surface area contributed by atoms with Crippen molar-refractivity contribution in [2.75, 3.05) is 37.6 Å². The van der Waals surface area contributed by atoms with Crippen LogP contribution >= 0.6 is 15.9 Å². The van der Waals surface area contributed by atoms with E-state index in [9.17, 15) is 0 Å². The van der Waals surface area contributed by atoms with Gasteiger partial charge in [-0.15, -0.1) is 0 Å². The molecule has 0 saturated carbocycles. The minimum absolute atomic E-state index is 0.570. The van der Waals surface area contributed by atoms with E-state index in [2.05, 4.69) is 68.2 Å². The first-order valence-corrected chi connectivity index (χ1v) is 8.71. The molecule has 0 radical (unpaired) electrons. The van der Waals surface area contributed by atoms with Crippen LogP contribution in [0.5, 0.6) is 0 Å². The van der Waals surface area contributed by atoms with Gasteiger partial charge in [0, 0.05) is 48.3 Å². The topological polar surface area (TPSA) is 39.3 Å². The zero-order valence-corrected chi connectivity index (χ0v) is 14.2. The van der Waals surface area contributed by atoms with Crippen LogP contribution in [-0.2, 0) is 0 Å². The lowest BCUT2D eigenvalue weighted by Crippen LogP contribution is -2.35. The van der Waals surface area contributed by atoms with Crippen molar-refractivity contribution in [3.05, 3.63) is 28.7 Å². The maximum absolute atomic E-state index is 3.67. The molecule has 2 heterocycles. The Morgan fingerprint density at radius 1 is 1.29 bits per heavy atom. The zero-order chi connectivity index (χ0) is 14.7. The molecule has 0 aliphatic carbocycles. The highest BCUT2D eigenvalue weighted by Gasteiger charge is 2.25. The first-order valence-electron chi connectivity index (χ1n) is 7.92. The highest BCUT2D eigenvalue weighted by molar-refractivity contribution is 9.10. The summed E-state index contributed by atoms with van der Waals surface area (Å²) in [5.41, 5.74) is 7.86. The molecular formula is C16H25BrN4. The lowest BCUT2D eigenvalue weighted by atomic mass is 10.0. The Hall–Kier alpha value is -0.620. The van der Waals surface area contributed by atoms with E-state index in [1.807, 2.05) is 0 Å². The van der Waals surface area contributed by atoms with Crippen molar-refractivity contribution < 1.29 is 0 Å². The van der Waals surface area contributed by atoms with Crippen LogP contribution in [0.3, 0.4) is 0 Å². The fourth-order valence-electron chi connectivity index (χ4n) is 3.25. The Morgan fingerprint density at radius 3 is 2.81 bits per heavy atom. The van der Waals surface area contributed by atoms with Crippen LogP contribution in [-0.4, -0.2) is 38.8 Å². The second kappa shape index (κ2) is 7.09. The largest absolute Gasteiger partial charge is 0.371 e. The Bertz CT molecular complexity index is 450. The van der Waals surface area contributed by atoms with Gasteiger partial charge in [0.1, 0.15) is 0 Å². The molecule has 2 aliphatic rings. The van der Waals surface area contributed by atoms with E-state index in [1.165, 1.54) is 25.2 Å². The summed E-state index contributed by atoms with van der Waals surface area (Å²) in [5, 5.41) is 3.67. The summed E-state index contributed by atoms with van der Waals surface area (Å²) in [6.45, 7) is 7.91. The number of rotatable bonds is 5. The Kier molecular flexibility index (Phi) is 5.16. The number of hydrogen-bond acceptors (Lipinski definition) is 4. The van der Waals surface area contributed by atoms with E-state index in [-0.39, 0.29) is 0 Å². The molecule has 3 unspecified atom stereocenters. The summed E-state index contributed by atoms with van der Waals surface area (Å²) >= 11 is 3.50. The SMILES string of the molecule is CC1NNCC1CNCC1CCN(c2ccc(Br)cc2)C1. The highest BCUT2D eigenvalue weighted by Crippen LogP contribution is 2.25. The Morgan fingerprint density at radius 2 is 2.10 bits per heavy atom. The predicted molar refractivity (Wildman–Crippen MR) is 91.4 cm³/mol. The molecule has 1 aromatic rings. The lowest BCUT2D eigenvalue weighted by Gasteiger charge is -2.20. The van der Waals surface area contributed by atoms with Gasteiger partial charge in [0.2, 0.25) is 0 Å². The van der Waals surface area contributed by atoms with Crippen molar-refractivity contribution in [3.63, 3.8) is 0 Å². The van der Waals surface area contributed by atoms with Crippen LogP contribution in [0.4, 0.5) is 5.69 Å². The van der Waals surface area contributed by atoms with Gasteiger partial charge in [0.25, 0.3) is 0 Å². The summed E-state index contributed by atoms with van der Waals surface area (Å²) in [6.07, 6.45) is 1.29. The van der Waals surface area contributed by atoms with Crippen LogP contribution in [0.15, 0.2) is 28.7 Å². The smallest absolute Gasteiger partial charge is 0.0367 e. The van der Waals surface area contributed by atoms with Crippen molar-refractivity contribution in [2.24, 2.45) is 11.8 Å². The molecule has 0 spiro atoms. The average Bonchev–Trinajstić information content (AvgIpc) is 3.10. The van der Waals surface area contributed by atoms with Gasteiger partial charge in [-0.1, -0.05) is 15.9 Å². The number of anilines is 1. The molecule has 3 N–H and O–H groups in total. The molecule has 2 fully saturated rings. The van der Waals surface area contributed by atoms with E-state index >= 15 is 0 Å². The van der Waals surface area contributed by atoms with Crippen LogP contribution in [0, 0.1) is 11.8 Å².